The molecule has 16 saturated heterocycles. The van der Waals surface area contributed by atoms with Gasteiger partial charge in [0.1, 0.15) is 36.3 Å². The van der Waals surface area contributed by atoms with Crippen molar-refractivity contribution >= 4 is 5.78 Å². The van der Waals surface area contributed by atoms with E-state index in [9.17, 15) is 20.1 Å². The van der Waals surface area contributed by atoms with Crippen molar-refractivity contribution in [2.45, 2.75) is 314 Å². The van der Waals surface area contributed by atoms with Gasteiger partial charge in [0.25, 0.3) is 0 Å². The molecular weight excluding hydrogens is 1020 g/mol. The molecule has 0 radical (unpaired) electrons. The van der Waals surface area contributed by atoms with Gasteiger partial charge < -0.3 is 81.6 Å². The number of carbonyl (C=O) groups is 1. The lowest BCUT2D eigenvalue weighted by molar-refractivity contribution is -0.347. The van der Waals surface area contributed by atoms with E-state index in [4.69, 9.17) is 66.3 Å². The van der Waals surface area contributed by atoms with Crippen LogP contribution in [0.2, 0.25) is 0 Å². The highest BCUT2D eigenvalue weighted by molar-refractivity contribution is 5.79. The Hall–Kier alpha value is -1.53. The van der Waals surface area contributed by atoms with Crippen LogP contribution >= 0.6 is 0 Å². The molecule has 2 unspecified atom stereocenters. The van der Waals surface area contributed by atoms with Gasteiger partial charge in [0.2, 0.25) is 0 Å². The summed E-state index contributed by atoms with van der Waals surface area (Å²) in [5.74, 6) is -2.05. The number of rotatable bonds is 4. The summed E-state index contributed by atoms with van der Waals surface area (Å²) in [6.07, 6.45) is 5.06. The van der Waals surface area contributed by atoms with Crippen LogP contribution in [-0.2, 0) is 71.1 Å². The minimum absolute atomic E-state index is 0.0151. The minimum atomic E-state index is -1.01. The number of aliphatic hydroxyl groups excluding tert-OH is 3. The lowest BCUT2D eigenvalue weighted by Gasteiger charge is -2.51. The maximum atomic E-state index is 14.8. The van der Waals surface area contributed by atoms with Gasteiger partial charge in [-0.2, -0.15) is 0 Å². The van der Waals surface area contributed by atoms with Gasteiger partial charge in [0.15, 0.2) is 17.4 Å². The molecular formula is C61H88O18. The average molecular weight is 1110 g/mol. The number of hydrogen-bond donors (Lipinski definition) is 3. The van der Waals surface area contributed by atoms with Crippen LogP contribution < -0.4 is 0 Å². The molecule has 3 N–H and O–H groups in total. The van der Waals surface area contributed by atoms with Crippen molar-refractivity contribution in [3.63, 3.8) is 0 Å². The molecule has 16 rings (SSSR count). The maximum Gasteiger partial charge on any atom is 0.174 e. The quantitative estimate of drug-likeness (QED) is 0.294. The SMILES string of the molecule is C=C1C[C@@H]2CC[C@@]34CC5O[C@H]6[C@@H](O3)[C@H]3O[C@H](CC[C@@H]3O[C@H]6C5O4)CC(=O)C[C@@H]3[C@@H](C)[C@@H]4O[C@@H]5C[C@]6(C[C@@H]7O[C@]8(C[C@H](C)[C@@H]9O[C@H]([C@@H](O)C[C@@H](O)CO)C[C@@H]9O8)C[C@H](C)[C@@H]7O6)O[C@@H]5C[C@@H]4O[C@H]3C[C@H]3O[C@@H](CC[C@@H]1O2)C[C@@H](C)C3=C. The van der Waals surface area contributed by atoms with E-state index < -0.39 is 42.3 Å². The van der Waals surface area contributed by atoms with Crippen LogP contribution in [0.25, 0.3) is 0 Å². The largest absolute Gasteiger partial charge is 0.394 e. The predicted octanol–water partition coefficient (Wildman–Crippen LogP) is 5.59. The Kier molecular flexibility index (Phi) is 13.9. The van der Waals surface area contributed by atoms with Crippen LogP contribution in [0.4, 0.5) is 0 Å². The van der Waals surface area contributed by atoms with Gasteiger partial charge in [0.05, 0.1) is 123 Å². The van der Waals surface area contributed by atoms with E-state index in [1.807, 2.05) is 0 Å². The summed E-state index contributed by atoms with van der Waals surface area (Å²) in [6.45, 7) is 17.6. The highest BCUT2D eigenvalue weighted by Gasteiger charge is 2.70. The molecule has 0 aromatic carbocycles. The van der Waals surface area contributed by atoms with Gasteiger partial charge in [-0.25, -0.2) is 0 Å². The Balaban J connectivity index is 0.655. The number of hydrogen-bond acceptors (Lipinski definition) is 18. The summed E-state index contributed by atoms with van der Waals surface area (Å²) in [4.78, 5) is 14.8. The third kappa shape index (κ3) is 9.48. The van der Waals surface area contributed by atoms with Gasteiger partial charge in [-0.15, -0.1) is 0 Å². The van der Waals surface area contributed by atoms with Gasteiger partial charge in [-0.1, -0.05) is 40.9 Å². The summed E-state index contributed by atoms with van der Waals surface area (Å²) in [6, 6.07) is 0. The molecule has 0 aliphatic carbocycles. The highest BCUT2D eigenvalue weighted by atomic mass is 16.8. The lowest BCUT2D eigenvalue weighted by Crippen LogP contribution is -2.61. The molecule has 16 heterocycles. The molecule has 18 heteroatoms. The maximum absolute atomic E-state index is 14.8. The second-order valence-electron chi connectivity index (χ2n) is 28.0. The molecule has 0 amide bonds. The summed E-state index contributed by atoms with van der Waals surface area (Å²) < 4.78 is 97.4. The average Bonchev–Trinajstić information content (AvgIpc) is 4.25. The summed E-state index contributed by atoms with van der Waals surface area (Å²) in [7, 11) is 0. The van der Waals surface area contributed by atoms with Crippen molar-refractivity contribution in [3.05, 3.63) is 24.3 Å². The zero-order chi connectivity index (χ0) is 54.0. The van der Waals surface area contributed by atoms with Gasteiger partial charge in [-0.3, -0.25) is 4.79 Å². The zero-order valence-electron chi connectivity index (χ0n) is 46.8. The standard InChI is InChI=1S/C61H88O18/c1-27-13-35-7-9-40-28(2)14-37(66-40)11-12-59-24-49-55(78-59)56-57(73-49)58(79-59)54-41(70-56)10-8-36(68-54)15-33(63)16-38-32(6)53-46(69-43(38)18-42(67-35)31(27)5)20-45-48(72-53)23-61(74-45)25-50-52(77-61)30(4)22-60(76-50)21-29(3)51-47(75-60)19-44(71-51)39(65)17-34(64)26-62/h27,29-30,32,34-58,62,64-65H,2,5,7-26H2,1,3-4,6H3/t27-,29+,30+,32-,34-,35+,36-,37+,38-,39+,40+,41+,42-,43+,44+,45-,46+,47+,48-,49?,50+,51+,52+,53+,54+,55?,56+,57-,58+,59+,60-,61+/m1/s1. The Labute approximate surface area is 464 Å². The Bertz CT molecular complexity index is 2340. The van der Waals surface area contributed by atoms with E-state index >= 15 is 0 Å². The predicted molar refractivity (Wildman–Crippen MR) is 277 cm³/mol. The summed E-state index contributed by atoms with van der Waals surface area (Å²) in [5.41, 5.74) is 2.22. The van der Waals surface area contributed by atoms with Crippen LogP contribution in [0.3, 0.4) is 0 Å². The van der Waals surface area contributed by atoms with Crippen LogP contribution in [0, 0.1) is 29.6 Å². The number of ether oxygens (including phenoxy) is 14. The van der Waals surface area contributed by atoms with E-state index in [0.717, 1.165) is 56.1 Å². The number of Topliss-reactive ketones (excluding diaryl/α,β-unsaturated/α-hetero) is 1. The number of carbonyl (C=O) groups excluding carboxylic acids is 1. The molecule has 32 atom stereocenters. The van der Waals surface area contributed by atoms with Crippen LogP contribution in [0.5, 0.6) is 0 Å². The van der Waals surface area contributed by atoms with Gasteiger partial charge in [-0.05, 0) is 85.7 Å². The van der Waals surface area contributed by atoms with Crippen molar-refractivity contribution in [2.24, 2.45) is 29.6 Å². The minimum Gasteiger partial charge on any atom is -0.394 e. The molecule has 0 aromatic heterocycles. The second-order valence-corrected chi connectivity index (χ2v) is 28.0. The molecule has 0 aromatic rings. The normalized spacial score (nSPS) is 57.3. The Morgan fingerprint density at radius 2 is 1.19 bits per heavy atom. The van der Waals surface area contributed by atoms with Crippen LogP contribution in [0.1, 0.15) is 150 Å². The van der Waals surface area contributed by atoms with Crippen molar-refractivity contribution in [3.8, 4) is 0 Å². The number of ketones is 1. The fraction of sp³-hybridized carbons (Fsp3) is 0.918. The highest BCUT2D eigenvalue weighted by Crippen LogP contribution is 2.58. The Morgan fingerprint density at radius 1 is 0.506 bits per heavy atom. The molecule has 16 fully saturated rings. The second kappa shape index (κ2) is 20.3. The topological polar surface area (TPSA) is 207 Å². The molecule has 440 valence electrons. The van der Waals surface area contributed by atoms with Gasteiger partial charge in [0, 0.05) is 77.0 Å². The molecule has 16 aliphatic rings. The Morgan fingerprint density at radius 3 is 2.04 bits per heavy atom. The van der Waals surface area contributed by atoms with E-state index in [2.05, 4.69) is 40.9 Å². The van der Waals surface area contributed by atoms with Crippen molar-refractivity contribution in [2.75, 3.05) is 6.61 Å². The number of fused-ring (bicyclic) bond motifs is 10. The first-order valence-corrected chi connectivity index (χ1v) is 31.1. The zero-order valence-corrected chi connectivity index (χ0v) is 46.8. The molecule has 18 nitrogen and oxygen atoms in total. The van der Waals surface area contributed by atoms with Crippen molar-refractivity contribution < 1.29 is 86.4 Å². The fourth-order valence-electron chi connectivity index (χ4n) is 18.6. The van der Waals surface area contributed by atoms with Crippen LogP contribution in [-0.4, -0.2) is 192 Å². The first kappa shape index (κ1) is 54.1. The summed E-state index contributed by atoms with van der Waals surface area (Å²) in [5, 5.41) is 30.4. The molecule has 16 aliphatic heterocycles. The van der Waals surface area contributed by atoms with Crippen molar-refractivity contribution in [1.29, 1.82) is 0 Å². The van der Waals surface area contributed by atoms with Crippen molar-refractivity contribution in [1.82, 2.24) is 0 Å². The third-order valence-corrected chi connectivity index (χ3v) is 22.5. The smallest absolute Gasteiger partial charge is 0.174 e. The van der Waals surface area contributed by atoms with E-state index in [1.54, 1.807) is 0 Å². The first-order chi connectivity index (χ1) is 38.0. The molecule has 12 bridgehead atoms. The fourth-order valence-corrected chi connectivity index (χ4v) is 18.6. The van der Waals surface area contributed by atoms with E-state index in [1.165, 1.54) is 0 Å². The summed E-state index contributed by atoms with van der Waals surface area (Å²) >= 11 is 0. The molecule has 3 spiro atoms. The molecule has 0 saturated carbocycles. The monoisotopic (exact) mass is 1110 g/mol. The first-order valence-electron chi connectivity index (χ1n) is 31.1. The van der Waals surface area contributed by atoms with Gasteiger partial charge >= 0.3 is 0 Å². The van der Waals surface area contributed by atoms with E-state index in [0.29, 0.717) is 70.6 Å². The molecule has 79 heavy (non-hydrogen) atoms. The van der Waals surface area contributed by atoms with Crippen LogP contribution in [0.15, 0.2) is 24.3 Å². The van der Waals surface area contributed by atoms with E-state index in [-0.39, 0.29) is 170 Å². The third-order valence-electron chi connectivity index (χ3n) is 22.5. The lowest BCUT2D eigenvalue weighted by atomic mass is 9.72. The number of aliphatic hydroxyl groups is 3.